The second-order valence-corrected chi connectivity index (χ2v) is 8.93. The number of aromatic nitrogens is 1. The maximum atomic E-state index is 13.1. The van der Waals surface area contributed by atoms with Crippen molar-refractivity contribution in [3.63, 3.8) is 0 Å². The molecule has 1 aromatic heterocycles. The molecule has 1 N–H and O–H groups in total. The highest BCUT2D eigenvalue weighted by Gasteiger charge is 2.42. The van der Waals surface area contributed by atoms with Gasteiger partial charge in [-0.3, -0.25) is 14.3 Å². The number of nitrogens with zero attached hydrogens (tertiary/aromatic N) is 2. The van der Waals surface area contributed by atoms with Crippen LogP contribution in [0.1, 0.15) is 20.7 Å². The highest BCUT2D eigenvalue weighted by molar-refractivity contribution is 7.92. The summed E-state index contributed by atoms with van der Waals surface area (Å²) in [6.07, 6.45) is -2.84. The Hall–Kier alpha value is -3.84. The number of carbonyl (C=O) groups is 2. The molecule has 2 aromatic carbocycles. The van der Waals surface area contributed by atoms with Crippen molar-refractivity contribution in [3.05, 3.63) is 82.3 Å². The van der Waals surface area contributed by atoms with Gasteiger partial charge >= 0.3 is 6.36 Å². The largest absolute Gasteiger partial charge is 0.619 e. The Bertz CT molecular complexity index is 1430. The number of sulfonamides is 1. The topological polar surface area (TPSA) is 120 Å². The van der Waals surface area contributed by atoms with Gasteiger partial charge in [-0.05, 0) is 42.5 Å². The number of ether oxygens (including phenoxy) is 1. The van der Waals surface area contributed by atoms with E-state index in [1.807, 2.05) is 0 Å². The van der Waals surface area contributed by atoms with Crippen LogP contribution in [0.2, 0.25) is 5.02 Å². The number of alkyl halides is 3. The number of hydrogen-bond acceptors (Lipinski definition) is 6. The number of halogens is 4. The molecular formula is C20H11ClF3N3O6S. The molecule has 1 aliphatic rings. The molecular weight excluding hydrogens is 503 g/mol. The Kier molecular flexibility index (Phi) is 5.61. The predicted molar refractivity (Wildman–Crippen MR) is 112 cm³/mol. The molecule has 0 unspecified atom stereocenters. The average molecular weight is 514 g/mol. The number of benzene rings is 2. The highest BCUT2D eigenvalue weighted by atomic mass is 35.5. The lowest BCUT2D eigenvalue weighted by Gasteiger charge is -2.13. The smallest absolute Gasteiger partial charge is 0.573 e. The molecule has 0 bridgehead atoms. The van der Waals surface area contributed by atoms with Gasteiger partial charge in [-0.15, -0.1) is 13.2 Å². The zero-order valence-electron chi connectivity index (χ0n) is 16.5. The SMILES string of the molecule is O=C1c2c(Cl)ccc(NS(=O)(=O)c3ccc(OC(F)(F)F)cc3)c2C(=O)N1c1ccc[n+]([O-])c1. The van der Waals surface area contributed by atoms with E-state index in [1.54, 1.807) is 0 Å². The van der Waals surface area contributed by atoms with E-state index in [2.05, 4.69) is 9.46 Å². The Morgan fingerprint density at radius 2 is 1.65 bits per heavy atom. The lowest BCUT2D eigenvalue weighted by atomic mass is 10.1. The van der Waals surface area contributed by atoms with E-state index in [0.717, 1.165) is 42.7 Å². The van der Waals surface area contributed by atoms with Crippen molar-refractivity contribution in [2.24, 2.45) is 0 Å². The highest BCUT2D eigenvalue weighted by Crippen LogP contribution is 2.37. The van der Waals surface area contributed by atoms with Crippen LogP contribution in [0.5, 0.6) is 5.75 Å². The van der Waals surface area contributed by atoms with Crippen LogP contribution in [0.4, 0.5) is 24.5 Å². The van der Waals surface area contributed by atoms with Crippen molar-refractivity contribution in [3.8, 4) is 5.75 Å². The van der Waals surface area contributed by atoms with Crippen molar-refractivity contribution in [2.75, 3.05) is 9.62 Å². The quantitative estimate of drug-likeness (QED) is 0.317. The minimum atomic E-state index is -4.95. The molecule has 176 valence electrons. The molecule has 3 aromatic rings. The van der Waals surface area contributed by atoms with E-state index < -0.39 is 38.8 Å². The van der Waals surface area contributed by atoms with Gasteiger partial charge in [0.2, 0.25) is 6.20 Å². The van der Waals surface area contributed by atoms with E-state index >= 15 is 0 Å². The number of pyridine rings is 1. The first-order valence-corrected chi connectivity index (χ1v) is 11.0. The summed E-state index contributed by atoms with van der Waals surface area (Å²) in [4.78, 5) is 26.2. The Morgan fingerprint density at radius 3 is 2.26 bits per heavy atom. The van der Waals surface area contributed by atoms with Crippen molar-refractivity contribution in [1.29, 1.82) is 0 Å². The second kappa shape index (κ2) is 8.18. The first kappa shape index (κ1) is 23.3. The summed E-state index contributed by atoms with van der Waals surface area (Å²) < 4.78 is 68.8. The predicted octanol–water partition coefficient (Wildman–Crippen LogP) is 3.47. The molecule has 9 nitrogen and oxygen atoms in total. The Balaban J connectivity index is 1.69. The van der Waals surface area contributed by atoms with Gasteiger partial charge < -0.3 is 9.94 Å². The number of nitrogens with one attached hydrogen (secondary N) is 1. The zero-order chi connectivity index (χ0) is 24.8. The van der Waals surface area contributed by atoms with Gasteiger partial charge in [-0.2, -0.15) is 4.73 Å². The molecule has 1 aliphatic heterocycles. The fourth-order valence-corrected chi connectivity index (χ4v) is 4.55. The van der Waals surface area contributed by atoms with Crippen LogP contribution in [0.3, 0.4) is 0 Å². The van der Waals surface area contributed by atoms with E-state index in [-0.39, 0.29) is 27.5 Å². The van der Waals surface area contributed by atoms with Crippen LogP contribution >= 0.6 is 11.6 Å². The maximum Gasteiger partial charge on any atom is 0.573 e. The van der Waals surface area contributed by atoms with Crippen LogP contribution in [-0.2, 0) is 10.0 Å². The summed E-state index contributed by atoms with van der Waals surface area (Å²) in [5.74, 6) is -2.43. The van der Waals surface area contributed by atoms with Crippen LogP contribution < -0.4 is 19.1 Å². The van der Waals surface area contributed by atoms with Crippen molar-refractivity contribution < 1.29 is 40.6 Å². The fourth-order valence-electron chi connectivity index (χ4n) is 3.24. The van der Waals surface area contributed by atoms with Crippen LogP contribution in [0, 0.1) is 5.21 Å². The normalized spacial score (nSPS) is 13.7. The van der Waals surface area contributed by atoms with Crippen molar-refractivity contribution >= 4 is 44.8 Å². The molecule has 4 rings (SSSR count). The number of carbonyl (C=O) groups excluding carboxylic acids is 2. The fraction of sp³-hybridized carbons (Fsp3) is 0.0500. The molecule has 0 fully saturated rings. The van der Waals surface area contributed by atoms with Gasteiger partial charge in [-0.25, -0.2) is 13.3 Å². The summed E-state index contributed by atoms with van der Waals surface area (Å²) in [6, 6.07) is 8.35. The number of amides is 2. The molecule has 0 radical (unpaired) electrons. The number of anilines is 2. The van der Waals surface area contributed by atoms with E-state index in [0.29, 0.717) is 9.63 Å². The van der Waals surface area contributed by atoms with Crippen molar-refractivity contribution in [1.82, 2.24) is 0 Å². The van der Waals surface area contributed by atoms with E-state index in [4.69, 9.17) is 11.6 Å². The third kappa shape index (κ3) is 4.34. The summed E-state index contributed by atoms with van der Waals surface area (Å²) >= 11 is 6.09. The first-order valence-electron chi connectivity index (χ1n) is 9.16. The molecule has 2 amide bonds. The molecule has 0 aliphatic carbocycles. The summed E-state index contributed by atoms with van der Waals surface area (Å²) in [5.41, 5.74) is -0.975. The van der Waals surface area contributed by atoms with Crippen LogP contribution in [-0.4, -0.2) is 26.6 Å². The van der Waals surface area contributed by atoms with E-state index in [1.165, 1.54) is 18.2 Å². The van der Waals surface area contributed by atoms with Gasteiger partial charge in [0.25, 0.3) is 21.8 Å². The van der Waals surface area contributed by atoms with Gasteiger partial charge in [0, 0.05) is 6.07 Å². The van der Waals surface area contributed by atoms with Gasteiger partial charge in [0.1, 0.15) is 11.4 Å². The number of imide groups is 1. The van der Waals surface area contributed by atoms with Gasteiger partial charge in [-0.1, -0.05) is 11.6 Å². The number of hydrogen-bond donors (Lipinski definition) is 1. The zero-order valence-corrected chi connectivity index (χ0v) is 18.1. The second-order valence-electron chi connectivity index (χ2n) is 6.84. The molecule has 0 atom stereocenters. The number of rotatable bonds is 5. The average Bonchev–Trinajstić information content (AvgIpc) is 3.00. The molecule has 34 heavy (non-hydrogen) atoms. The minimum absolute atomic E-state index is 0.0613. The monoisotopic (exact) mass is 513 g/mol. The lowest BCUT2D eigenvalue weighted by Crippen LogP contribution is -2.33. The molecule has 2 heterocycles. The van der Waals surface area contributed by atoms with Crippen LogP contribution in [0.15, 0.2) is 65.8 Å². The van der Waals surface area contributed by atoms with E-state index in [9.17, 15) is 36.4 Å². The summed E-state index contributed by atoms with van der Waals surface area (Å²) in [7, 11) is -4.40. The van der Waals surface area contributed by atoms with Crippen LogP contribution in [0.25, 0.3) is 0 Å². The number of fused-ring (bicyclic) bond motifs is 1. The first-order chi connectivity index (χ1) is 15.9. The third-order valence-electron chi connectivity index (χ3n) is 4.62. The lowest BCUT2D eigenvalue weighted by molar-refractivity contribution is -0.604. The minimum Gasteiger partial charge on any atom is -0.619 e. The van der Waals surface area contributed by atoms with Crippen molar-refractivity contribution in [2.45, 2.75) is 11.3 Å². The summed E-state index contributed by atoms with van der Waals surface area (Å²) in [6.45, 7) is 0. The van der Waals surface area contributed by atoms with Gasteiger partial charge in [0.05, 0.1) is 26.7 Å². The standard InChI is InChI=1S/C20H11ClF3N3O6S/c21-14-7-8-15(25-34(31,32)13-5-3-12(4-6-13)33-20(22,23)24)17-16(14)18(28)27(19(17)29)11-2-1-9-26(30)10-11/h1-10,25H. The molecule has 0 saturated heterocycles. The molecule has 14 heteroatoms. The summed E-state index contributed by atoms with van der Waals surface area (Å²) in [5, 5.41) is 11.5. The third-order valence-corrected chi connectivity index (χ3v) is 6.31. The maximum absolute atomic E-state index is 13.1. The Morgan fingerprint density at radius 1 is 1.00 bits per heavy atom. The van der Waals surface area contributed by atoms with Gasteiger partial charge in [0.15, 0.2) is 6.20 Å². The Labute approximate surface area is 194 Å². The molecule has 0 spiro atoms. The molecule has 0 saturated carbocycles.